The van der Waals surface area contributed by atoms with Gasteiger partial charge in [-0.3, -0.25) is 10.2 Å². The van der Waals surface area contributed by atoms with Crippen molar-refractivity contribution in [2.45, 2.75) is 79.9 Å². The number of alkyl halides is 3. The second-order valence-corrected chi connectivity index (χ2v) is 11.1. The number of nitrogens with one attached hydrogen (secondary N) is 1. The number of sulfone groups is 1. The van der Waals surface area contributed by atoms with E-state index in [9.17, 15) is 26.4 Å². The van der Waals surface area contributed by atoms with Crippen LogP contribution in [-0.2, 0) is 20.8 Å². The van der Waals surface area contributed by atoms with Crippen LogP contribution in [0.4, 0.5) is 13.2 Å². The van der Waals surface area contributed by atoms with Gasteiger partial charge in [-0.25, -0.2) is 8.42 Å². The first kappa shape index (κ1) is 23.2. The predicted molar refractivity (Wildman–Crippen MR) is 108 cm³/mol. The Hall–Kier alpha value is -1.45. The molecular weight excluding hydrogens is 417 g/mol. The molecule has 30 heavy (non-hydrogen) atoms. The molecule has 2 aliphatic rings. The molecular formula is C21H29F3N2O3S. The third-order valence-corrected chi connectivity index (χ3v) is 9.09. The van der Waals surface area contributed by atoms with Crippen molar-refractivity contribution < 1.29 is 26.4 Å². The predicted octanol–water partition coefficient (Wildman–Crippen LogP) is 3.78. The monoisotopic (exact) mass is 446 g/mol. The summed E-state index contributed by atoms with van der Waals surface area (Å²) in [6.07, 6.45) is 1.83. The van der Waals surface area contributed by atoms with Crippen LogP contribution in [-0.4, -0.2) is 49.6 Å². The molecule has 1 aliphatic heterocycles. The van der Waals surface area contributed by atoms with E-state index in [0.29, 0.717) is 19.2 Å². The van der Waals surface area contributed by atoms with E-state index in [0.717, 1.165) is 44.1 Å². The number of nitrogens with zero attached hydrogens (tertiary/aromatic N) is 1. The van der Waals surface area contributed by atoms with Gasteiger partial charge in [0.25, 0.3) is 0 Å². The maximum Gasteiger partial charge on any atom is 0.416 e. The molecule has 5 nitrogen and oxygen atoms in total. The lowest BCUT2D eigenvalue weighted by atomic mass is 9.94. The molecule has 1 saturated heterocycles. The van der Waals surface area contributed by atoms with Crippen molar-refractivity contribution in [1.82, 2.24) is 10.2 Å². The molecule has 3 rings (SSSR count). The van der Waals surface area contributed by atoms with Gasteiger partial charge in [0.2, 0.25) is 0 Å². The van der Waals surface area contributed by atoms with E-state index in [4.69, 9.17) is 0 Å². The van der Waals surface area contributed by atoms with Crippen molar-refractivity contribution in [3.8, 4) is 0 Å². The first-order valence-corrected chi connectivity index (χ1v) is 11.9. The summed E-state index contributed by atoms with van der Waals surface area (Å²) in [6, 6.07) is 4.23. The minimum atomic E-state index is -4.60. The maximum atomic E-state index is 13.2. The topological polar surface area (TPSA) is 66.5 Å². The van der Waals surface area contributed by atoms with E-state index in [2.05, 4.69) is 5.32 Å². The summed E-state index contributed by atoms with van der Waals surface area (Å²) in [6.45, 7) is 2.36. The Morgan fingerprint density at radius 1 is 1.17 bits per heavy atom. The zero-order valence-electron chi connectivity index (χ0n) is 17.1. The summed E-state index contributed by atoms with van der Waals surface area (Å²) < 4.78 is 64.3. The zero-order chi connectivity index (χ0) is 22.0. The van der Waals surface area contributed by atoms with Gasteiger partial charge in [0.1, 0.15) is 6.17 Å². The molecule has 1 unspecified atom stereocenters. The van der Waals surface area contributed by atoms with Crippen LogP contribution in [0, 0.1) is 0 Å². The Balaban J connectivity index is 1.70. The summed E-state index contributed by atoms with van der Waals surface area (Å²) in [4.78, 5) is 13.3. The number of hydrogen-bond acceptors (Lipinski definition) is 5. The van der Waals surface area contributed by atoms with E-state index in [1.54, 1.807) is 6.92 Å². The van der Waals surface area contributed by atoms with Crippen molar-refractivity contribution in [3.05, 3.63) is 29.8 Å². The Bertz CT molecular complexity index is 843. The fourth-order valence-corrected chi connectivity index (χ4v) is 6.24. The maximum absolute atomic E-state index is 13.2. The molecule has 1 saturated carbocycles. The van der Waals surface area contributed by atoms with Crippen LogP contribution >= 0.6 is 0 Å². The molecule has 1 N–H and O–H groups in total. The Morgan fingerprint density at radius 3 is 2.37 bits per heavy atom. The molecule has 1 aromatic rings. The Morgan fingerprint density at radius 2 is 1.80 bits per heavy atom. The Labute approximate surface area is 175 Å². The van der Waals surface area contributed by atoms with Crippen molar-refractivity contribution in [3.63, 3.8) is 0 Å². The van der Waals surface area contributed by atoms with E-state index >= 15 is 0 Å². The first-order valence-electron chi connectivity index (χ1n) is 10.4. The van der Waals surface area contributed by atoms with E-state index in [-0.39, 0.29) is 23.8 Å². The molecule has 1 aromatic carbocycles. The van der Waals surface area contributed by atoms with Gasteiger partial charge in [-0.05, 0) is 50.8 Å². The number of rotatable bonds is 6. The standard InChI is InChI=1S/C21H29F3N2O3S/c1-20(30(28,29)18-9-5-6-16(14-18)21(22,23)24)10-12-26(13-11-20)19(15-27)25-17-7-3-2-4-8-17/h5-6,9,14-15,17,19,25H,2-4,7-8,10-13H2,1H3. The van der Waals surface area contributed by atoms with Gasteiger partial charge in [-0.15, -0.1) is 0 Å². The van der Waals surface area contributed by atoms with E-state index in [1.807, 2.05) is 4.90 Å². The number of piperidine rings is 1. The lowest BCUT2D eigenvalue weighted by Crippen LogP contribution is -2.56. The molecule has 0 radical (unpaired) electrons. The summed E-state index contributed by atoms with van der Waals surface area (Å²) in [5.41, 5.74) is -0.970. The number of carbonyl (C=O) groups excluding carboxylic acids is 1. The fourth-order valence-electron chi connectivity index (χ4n) is 4.41. The van der Waals surface area contributed by atoms with Crippen molar-refractivity contribution >= 4 is 16.1 Å². The van der Waals surface area contributed by atoms with Crippen molar-refractivity contribution in [2.75, 3.05) is 13.1 Å². The minimum absolute atomic E-state index is 0.252. The molecule has 0 bridgehead atoms. The van der Waals surface area contributed by atoms with Gasteiger partial charge < -0.3 is 4.79 Å². The molecule has 9 heteroatoms. The summed E-state index contributed by atoms with van der Waals surface area (Å²) in [5.74, 6) is 0. The van der Waals surface area contributed by atoms with Gasteiger partial charge >= 0.3 is 6.18 Å². The number of hydrogen-bond donors (Lipinski definition) is 1. The Kier molecular flexibility index (Phi) is 6.94. The second kappa shape index (κ2) is 8.96. The van der Waals surface area contributed by atoms with Crippen LogP contribution in [0.25, 0.3) is 0 Å². The van der Waals surface area contributed by atoms with E-state index < -0.39 is 32.5 Å². The van der Waals surface area contributed by atoms with Crippen LogP contribution in [0.2, 0.25) is 0 Å². The highest BCUT2D eigenvalue weighted by Crippen LogP contribution is 2.37. The third kappa shape index (κ3) is 4.89. The SMILES string of the molecule is CC1(S(=O)(=O)c2cccc(C(F)(F)F)c2)CCN(C(C=O)NC2CCCCC2)CC1. The molecule has 0 spiro atoms. The van der Waals surface area contributed by atoms with Gasteiger partial charge in [0.05, 0.1) is 15.2 Å². The molecule has 168 valence electrons. The summed E-state index contributed by atoms with van der Waals surface area (Å²) in [7, 11) is -3.96. The summed E-state index contributed by atoms with van der Waals surface area (Å²) in [5, 5.41) is 3.38. The largest absolute Gasteiger partial charge is 0.416 e. The lowest BCUT2D eigenvalue weighted by Gasteiger charge is -2.42. The average Bonchev–Trinajstić information content (AvgIpc) is 2.73. The number of likely N-dealkylation sites (tertiary alicyclic amines) is 1. The van der Waals surface area contributed by atoms with Gasteiger partial charge in [0.15, 0.2) is 16.1 Å². The highest BCUT2D eigenvalue weighted by Gasteiger charge is 2.44. The van der Waals surface area contributed by atoms with Crippen LogP contribution < -0.4 is 5.32 Å². The van der Waals surface area contributed by atoms with Crippen molar-refractivity contribution in [1.29, 1.82) is 0 Å². The normalized spacial score (nSPS) is 22.5. The second-order valence-electron chi connectivity index (χ2n) is 8.60. The lowest BCUT2D eigenvalue weighted by molar-refractivity contribution is -0.137. The zero-order valence-corrected chi connectivity index (χ0v) is 17.9. The smallest absolute Gasteiger partial charge is 0.300 e. The van der Waals surface area contributed by atoms with Crippen LogP contribution in [0.1, 0.15) is 57.4 Å². The van der Waals surface area contributed by atoms with Crippen molar-refractivity contribution in [2.24, 2.45) is 0 Å². The molecule has 2 fully saturated rings. The van der Waals surface area contributed by atoms with E-state index in [1.165, 1.54) is 12.5 Å². The summed E-state index contributed by atoms with van der Waals surface area (Å²) >= 11 is 0. The quantitative estimate of drug-likeness (QED) is 0.674. The average molecular weight is 447 g/mol. The highest BCUT2D eigenvalue weighted by atomic mass is 32.2. The van der Waals surface area contributed by atoms with Crippen LogP contribution in [0.5, 0.6) is 0 Å². The molecule has 1 atom stereocenters. The first-order chi connectivity index (χ1) is 14.1. The molecule has 1 heterocycles. The molecule has 1 aliphatic carbocycles. The fraction of sp³-hybridized carbons (Fsp3) is 0.667. The number of benzene rings is 1. The number of aldehydes is 1. The van der Waals surface area contributed by atoms with Gasteiger partial charge in [-0.2, -0.15) is 13.2 Å². The van der Waals surface area contributed by atoms with Crippen LogP contribution in [0.15, 0.2) is 29.2 Å². The number of halogens is 3. The van der Waals surface area contributed by atoms with Gasteiger partial charge in [0, 0.05) is 19.1 Å². The highest BCUT2D eigenvalue weighted by molar-refractivity contribution is 7.92. The minimum Gasteiger partial charge on any atom is -0.300 e. The van der Waals surface area contributed by atoms with Crippen LogP contribution in [0.3, 0.4) is 0 Å². The molecule has 0 amide bonds. The third-order valence-electron chi connectivity index (χ3n) is 6.51. The molecule has 0 aromatic heterocycles. The van der Waals surface area contributed by atoms with Gasteiger partial charge in [-0.1, -0.05) is 25.3 Å². The number of carbonyl (C=O) groups is 1.